The molecule has 0 rings (SSSR count). The van der Waals surface area contributed by atoms with Gasteiger partial charge in [-0.2, -0.15) is 0 Å². The lowest BCUT2D eigenvalue weighted by Gasteiger charge is -2.16. The standard InChI is InChI=1S/C27H44O3/c1-5-7-8-9-10-11-12-13-14-15-16-17-18-19-20-21-22-23-24-29-26(6-2)27(28)30-25(3)4/h7-8,10-11,13-14,16-17,19-20,25-26H,5-6,9,12,15,18,21-24H2,1-4H3/b8-7-,11-10-,14-13-,17-16-,20-19-. The highest BCUT2D eigenvalue weighted by Gasteiger charge is 2.19. The van der Waals surface area contributed by atoms with Crippen molar-refractivity contribution in [1.82, 2.24) is 0 Å². The van der Waals surface area contributed by atoms with Gasteiger partial charge in [-0.05, 0) is 71.6 Å². The average Bonchev–Trinajstić information content (AvgIpc) is 2.72. The molecule has 0 aliphatic rings. The molecule has 3 nitrogen and oxygen atoms in total. The van der Waals surface area contributed by atoms with Gasteiger partial charge in [0.15, 0.2) is 6.10 Å². The van der Waals surface area contributed by atoms with Gasteiger partial charge in [-0.1, -0.05) is 74.6 Å². The van der Waals surface area contributed by atoms with Crippen LogP contribution in [0.25, 0.3) is 0 Å². The van der Waals surface area contributed by atoms with Gasteiger partial charge >= 0.3 is 5.97 Å². The molecule has 0 spiro atoms. The molecule has 0 heterocycles. The van der Waals surface area contributed by atoms with Crippen molar-refractivity contribution < 1.29 is 14.3 Å². The third-order valence-electron chi connectivity index (χ3n) is 4.23. The molecule has 0 aliphatic heterocycles. The van der Waals surface area contributed by atoms with Crippen molar-refractivity contribution in [2.75, 3.05) is 6.61 Å². The highest BCUT2D eigenvalue weighted by Crippen LogP contribution is 2.06. The van der Waals surface area contributed by atoms with Gasteiger partial charge in [-0.3, -0.25) is 0 Å². The Morgan fingerprint density at radius 3 is 1.70 bits per heavy atom. The Labute approximate surface area is 185 Å². The quantitative estimate of drug-likeness (QED) is 0.131. The second-order valence-electron chi connectivity index (χ2n) is 7.46. The van der Waals surface area contributed by atoms with Gasteiger partial charge in [-0.25, -0.2) is 4.79 Å². The maximum atomic E-state index is 11.8. The molecule has 0 fully saturated rings. The highest BCUT2D eigenvalue weighted by atomic mass is 16.6. The number of allylic oxidation sites excluding steroid dienone is 10. The number of esters is 1. The molecule has 3 heteroatoms. The van der Waals surface area contributed by atoms with Gasteiger partial charge in [0.2, 0.25) is 0 Å². The monoisotopic (exact) mass is 416 g/mol. The zero-order valence-electron chi connectivity index (χ0n) is 19.7. The molecule has 0 aromatic heterocycles. The van der Waals surface area contributed by atoms with Crippen LogP contribution < -0.4 is 0 Å². The number of carbonyl (C=O) groups is 1. The van der Waals surface area contributed by atoms with Gasteiger partial charge in [0.05, 0.1) is 6.10 Å². The topological polar surface area (TPSA) is 35.5 Å². The summed E-state index contributed by atoms with van der Waals surface area (Å²) >= 11 is 0. The first-order valence-corrected chi connectivity index (χ1v) is 11.7. The van der Waals surface area contributed by atoms with Crippen molar-refractivity contribution in [3.05, 3.63) is 60.8 Å². The van der Waals surface area contributed by atoms with Crippen molar-refractivity contribution in [2.45, 2.75) is 97.7 Å². The predicted octanol–water partition coefficient (Wildman–Crippen LogP) is 7.65. The van der Waals surface area contributed by atoms with E-state index in [1.165, 1.54) is 0 Å². The van der Waals surface area contributed by atoms with Crippen molar-refractivity contribution in [1.29, 1.82) is 0 Å². The van der Waals surface area contributed by atoms with E-state index in [0.29, 0.717) is 13.0 Å². The molecule has 30 heavy (non-hydrogen) atoms. The van der Waals surface area contributed by atoms with E-state index in [1.54, 1.807) is 0 Å². The molecule has 0 aromatic rings. The molecule has 0 aromatic carbocycles. The number of rotatable bonds is 18. The summed E-state index contributed by atoms with van der Waals surface area (Å²) in [6.07, 6.45) is 30.5. The summed E-state index contributed by atoms with van der Waals surface area (Å²) in [6, 6.07) is 0. The van der Waals surface area contributed by atoms with Crippen LogP contribution in [0, 0.1) is 0 Å². The van der Waals surface area contributed by atoms with Crippen LogP contribution in [-0.4, -0.2) is 24.8 Å². The minimum absolute atomic E-state index is 0.0921. The van der Waals surface area contributed by atoms with Crippen LogP contribution in [-0.2, 0) is 14.3 Å². The molecular formula is C27H44O3. The van der Waals surface area contributed by atoms with E-state index < -0.39 is 6.10 Å². The Morgan fingerprint density at radius 1 is 0.733 bits per heavy atom. The van der Waals surface area contributed by atoms with E-state index in [1.807, 2.05) is 20.8 Å². The summed E-state index contributed by atoms with van der Waals surface area (Å²) in [7, 11) is 0. The summed E-state index contributed by atoms with van der Waals surface area (Å²) < 4.78 is 10.9. The van der Waals surface area contributed by atoms with Crippen LogP contribution in [0.3, 0.4) is 0 Å². The van der Waals surface area contributed by atoms with E-state index in [4.69, 9.17) is 9.47 Å². The lowest BCUT2D eigenvalue weighted by atomic mass is 10.2. The fraction of sp³-hybridized carbons (Fsp3) is 0.593. The normalized spacial score (nSPS) is 13.8. The zero-order valence-corrected chi connectivity index (χ0v) is 19.7. The van der Waals surface area contributed by atoms with Crippen LogP contribution in [0.15, 0.2) is 60.8 Å². The first-order chi connectivity index (χ1) is 14.6. The van der Waals surface area contributed by atoms with Crippen LogP contribution in [0.1, 0.15) is 85.5 Å². The lowest BCUT2D eigenvalue weighted by molar-refractivity contribution is -0.161. The fourth-order valence-electron chi connectivity index (χ4n) is 2.62. The Kier molecular flexibility index (Phi) is 20.5. The molecule has 0 radical (unpaired) electrons. The van der Waals surface area contributed by atoms with Crippen LogP contribution in [0.4, 0.5) is 0 Å². The Morgan fingerprint density at radius 2 is 1.23 bits per heavy atom. The number of hydrogen-bond donors (Lipinski definition) is 0. The molecular weight excluding hydrogens is 372 g/mol. The van der Waals surface area contributed by atoms with Gasteiger partial charge in [0.1, 0.15) is 0 Å². The first-order valence-electron chi connectivity index (χ1n) is 11.7. The second kappa shape index (κ2) is 21.8. The minimum atomic E-state index is -0.430. The Hall–Kier alpha value is -1.87. The summed E-state index contributed by atoms with van der Waals surface area (Å²) in [4.78, 5) is 11.8. The maximum Gasteiger partial charge on any atom is 0.335 e. The molecule has 0 aliphatic carbocycles. The van der Waals surface area contributed by atoms with E-state index >= 15 is 0 Å². The second-order valence-corrected chi connectivity index (χ2v) is 7.46. The molecule has 1 atom stereocenters. The molecule has 0 N–H and O–H groups in total. The number of unbranched alkanes of at least 4 members (excludes halogenated alkanes) is 2. The third-order valence-corrected chi connectivity index (χ3v) is 4.23. The van der Waals surface area contributed by atoms with Crippen molar-refractivity contribution in [3.63, 3.8) is 0 Å². The summed E-state index contributed by atoms with van der Waals surface area (Å²) in [5.41, 5.74) is 0. The molecule has 0 bridgehead atoms. The van der Waals surface area contributed by atoms with E-state index in [-0.39, 0.29) is 12.1 Å². The zero-order chi connectivity index (χ0) is 22.3. The first kappa shape index (κ1) is 28.1. The number of hydrogen-bond acceptors (Lipinski definition) is 3. The van der Waals surface area contributed by atoms with Crippen molar-refractivity contribution >= 4 is 5.97 Å². The summed E-state index contributed by atoms with van der Waals surface area (Å²) in [5, 5.41) is 0. The van der Waals surface area contributed by atoms with Crippen molar-refractivity contribution in [3.8, 4) is 0 Å². The van der Waals surface area contributed by atoms with Crippen LogP contribution in [0.2, 0.25) is 0 Å². The van der Waals surface area contributed by atoms with E-state index in [0.717, 1.165) is 51.4 Å². The minimum Gasteiger partial charge on any atom is -0.461 e. The Balaban J connectivity index is 3.63. The van der Waals surface area contributed by atoms with Gasteiger partial charge < -0.3 is 9.47 Å². The summed E-state index contributed by atoms with van der Waals surface area (Å²) in [5.74, 6) is -0.245. The van der Waals surface area contributed by atoms with Gasteiger partial charge in [0.25, 0.3) is 0 Å². The molecule has 1 unspecified atom stereocenters. The van der Waals surface area contributed by atoms with Crippen LogP contribution in [0.5, 0.6) is 0 Å². The molecule has 0 saturated carbocycles. The SMILES string of the molecule is CC/C=C\C/C=C\C/C=C\C/C=C\C/C=C\CCCCOC(CC)C(=O)OC(C)C. The van der Waals surface area contributed by atoms with Gasteiger partial charge in [0, 0.05) is 6.61 Å². The smallest absolute Gasteiger partial charge is 0.335 e. The predicted molar refractivity (Wildman–Crippen MR) is 130 cm³/mol. The van der Waals surface area contributed by atoms with Gasteiger partial charge in [-0.15, -0.1) is 0 Å². The number of ether oxygens (including phenoxy) is 2. The average molecular weight is 417 g/mol. The largest absolute Gasteiger partial charge is 0.461 e. The van der Waals surface area contributed by atoms with E-state index in [9.17, 15) is 4.79 Å². The van der Waals surface area contributed by atoms with Crippen molar-refractivity contribution in [2.24, 2.45) is 0 Å². The summed E-state index contributed by atoms with van der Waals surface area (Å²) in [6.45, 7) is 8.42. The van der Waals surface area contributed by atoms with Crippen LogP contribution >= 0.6 is 0 Å². The Bertz CT molecular complexity index is 538. The third kappa shape index (κ3) is 19.4. The fourth-order valence-corrected chi connectivity index (χ4v) is 2.62. The lowest BCUT2D eigenvalue weighted by Crippen LogP contribution is -2.28. The van der Waals surface area contributed by atoms with E-state index in [2.05, 4.69) is 67.7 Å². The molecule has 0 amide bonds. The highest BCUT2D eigenvalue weighted by molar-refractivity contribution is 5.74. The molecule has 0 saturated heterocycles. The molecule has 170 valence electrons. The number of carbonyl (C=O) groups excluding carboxylic acids is 1. The maximum absolute atomic E-state index is 11.8.